The highest BCUT2D eigenvalue weighted by atomic mass is 16.5. The number of carbonyl (C=O) groups excluding carboxylic acids is 1. The highest BCUT2D eigenvalue weighted by molar-refractivity contribution is 5.84. The molecule has 110 valence electrons. The Balaban J connectivity index is 2.57. The number of carbonyl (C=O) groups is 2. The van der Waals surface area contributed by atoms with Crippen molar-refractivity contribution < 1.29 is 19.4 Å². The molecule has 0 fully saturated rings. The number of hydrogen-bond donors (Lipinski definition) is 2. The molecule has 5 nitrogen and oxygen atoms in total. The summed E-state index contributed by atoms with van der Waals surface area (Å²) in [6, 6.07) is 4.86. The molecule has 1 aromatic carbocycles. The quantitative estimate of drug-likeness (QED) is 0.801. The van der Waals surface area contributed by atoms with Crippen molar-refractivity contribution in [3.63, 3.8) is 0 Å². The van der Waals surface area contributed by atoms with Crippen molar-refractivity contribution in [3.8, 4) is 5.75 Å². The summed E-state index contributed by atoms with van der Waals surface area (Å²) in [5.41, 5.74) is 1.89. The van der Waals surface area contributed by atoms with Gasteiger partial charge in [-0.15, -0.1) is 0 Å². The van der Waals surface area contributed by atoms with E-state index in [2.05, 4.69) is 5.32 Å². The van der Waals surface area contributed by atoms with Crippen LogP contribution in [0.15, 0.2) is 18.2 Å². The van der Waals surface area contributed by atoms with E-state index in [1.165, 1.54) is 0 Å². The lowest BCUT2D eigenvalue weighted by atomic mass is 10.1. The van der Waals surface area contributed by atoms with Gasteiger partial charge in [-0.2, -0.15) is 0 Å². The van der Waals surface area contributed by atoms with E-state index in [1.807, 2.05) is 39.0 Å². The molecular weight excluding hydrogens is 258 g/mol. The predicted octanol–water partition coefficient (Wildman–Crippen LogP) is 2.05. The van der Waals surface area contributed by atoms with Crippen LogP contribution in [0.4, 0.5) is 0 Å². The minimum absolute atomic E-state index is 0.181. The van der Waals surface area contributed by atoms with E-state index >= 15 is 0 Å². The zero-order valence-corrected chi connectivity index (χ0v) is 12.1. The molecule has 0 saturated heterocycles. The predicted molar refractivity (Wildman–Crippen MR) is 75.9 cm³/mol. The maximum absolute atomic E-state index is 11.7. The summed E-state index contributed by atoms with van der Waals surface area (Å²) >= 11 is 0. The molecule has 0 aliphatic rings. The van der Waals surface area contributed by atoms with E-state index in [4.69, 9.17) is 9.84 Å². The molecule has 2 N–H and O–H groups in total. The number of aryl methyl sites for hydroxylation is 2. The maximum atomic E-state index is 11.7. The molecule has 1 amide bonds. The van der Waals surface area contributed by atoms with Crippen molar-refractivity contribution in [1.82, 2.24) is 5.32 Å². The Kier molecular flexibility index (Phi) is 6.03. The van der Waals surface area contributed by atoms with Gasteiger partial charge in [-0.25, -0.2) is 4.79 Å². The van der Waals surface area contributed by atoms with Crippen LogP contribution in [0.25, 0.3) is 0 Å². The monoisotopic (exact) mass is 279 g/mol. The molecule has 1 unspecified atom stereocenters. The van der Waals surface area contributed by atoms with E-state index < -0.39 is 17.9 Å². The zero-order chi connectivity index (χ0) is 15.1. The van der Waals surface area contributed by atoms with Crippen LogP contribution in [-0.4, -0.2) is 29.6 Å². The smallest absolute Gasteiger partial charge is 0.326 e. The van der Waals surface area contributed by atoms with E-state index in [0.29, 0.717) is 18.6 Å². The minimum Gasteiger partial charge on any atom is -0.483 e. The van der Waals surface area contributed by atoms with E-state index in [-0.39, 0.29) is 6.61 Å². The molecule has 0 spiro atoms. The normalized spacial score (nSPS) is 11.8. The Bertz CT molecular complexity index is 465. The van der Waals surface area contributed by atoms with Gasteiger partial charge in [0.2, 0.25) is 0 Å². The molecule has 1 atom stereocenters. The number of carboxylic acids is 1. The maximum Gasteiger partial charge on any atom is 0.326 e. The summed E-state index contributed by atoms with van der Waals surface area (Å²) in [7, 11) is 0. The van der Waals surface area contributed by atoms with Gasteiger partial charge < -0.3 is 15.2 Å². The lowest BCUT2D eigenvalue weighted by molar-refractivity contribution is -0.142. The largest absolute Gasteiger partial charge is 0.483 e. The Morgan fingerprint density at radius 2 is 1.90 bits per heavy atom. The van der Waals surface area contributed by atoms with Crippen molar-refractivity contribution in [2.75, 3.05) is 6.61 Å². The Morgan fingerprint density at radius 3 is 2.40 bits per heavy atom. The van der Waals surface area contributed by atoms with Gasteiger partial charge in [-0.3, -0.25) is 4.79 Å². The second-order valence-electron chi connectivity index (χ2n) is 4.76. The van der Waals surface area contributed by atoms with Crippen molar-refractivity contribution in [2.24, 2.45) is 0 Å². The number of nitrogens with one attached hydrogen (secondary N) is 1. The van der Waals surface area contributed by atoms with Gasteiger partial charge >= 0.3 is 5.97 Å². The molecule has 1 rings (SSSR count). The SMILES string of the molecule is CCCC(NC(=O)COc1c(C)cccc1C)C(=O)O. The Hall–Kier alpha value is -2.04. The first-order valence-electron chi connectivity index (χ1n) is 6.66. The fourth-order valence-electron chi connectivity index (χ4n) is 1.95. The molecule has 0 radical (unpaired) electrons. The number of ether oxygens (including phenoxy) is 1. The van der Waals surface area contributed by atoms with Crippen molar-refractivity contribution in [1.29, 1.82) is 0 Å². The number of aliphatic carboxylic acids is 1. The molecule has 1 aromatic rings. The van der Waals surface area contributed by atoms with E-state index in [1.54, 1.807) is 0 Å². The standard InChI is InChI=1S/C15H21NO4/c1-4-6-12(15(18)19)16-13(17)9-20-14-10(2)7-5-8-11(14)3/h5,7-8,12H,4,6,9H2,1-3H3,(H,16,17)(H,18,19). The molecule has 0 aliphatic heterocycles. The number of amides is 1. The van der Waals surface area contributed by atoms with Gasteiger partial charge in [0.1, 0.15) is 11.8 Å². The third-order valence-electron chi connectivity index (χ3n) is 2.97. The van der Waals surface area contributed by atoms with Crippen LogP contribution in [0.1, 0.15) is 30.9 Å². The molecule has 0 aliphatic carbocycles. The van der Waals surface area contributed by atoms with Gasteiger partial charge in [0.15, 0.2) is 6.61 Å². The highest BCUT2D eigenvalue weighted by Crippen LogP contribution is 2.21. The average molecular weight is 279 g/mol. The fourth-order valence-corrected chi connectivity index (χ4v) is 1.95. The first-order valence-corrected chi connectivity index (χ1v) is 6.66. The molecule has 5 heteroatoms. The summed E-state index contributed by atoms with van der Waals surface area (Å²) in [5.74, 6) is -0.772. The number of hydrogen-bond acceptors (Lipinski definition) is 3. The van der Waals surface area contributed by atoms with Crippen LogP contribution < -0.4 is 10.1 Å². The summed E-state index contributed by atoms with van der Waals surface area (Å²) < 4.78 is 5.48. The molecular formula is C15H21NO4. The van der Waals surface area contributed by atoms with Gasteiger partial charge in [-0.1, -0.05) is 31.5 Å². The van der Waals surface area contributed by atoms with Crippen LogP contribution in [-0.2, 0) is 9.59 Å². The molecule has 0 aromatic heterocycles. The molecule has 0 saturated carbocycles. The third kappa shape index (κ3) is 4.57. The second-order valence-corrected chi connectivity index (χ2v) is 4.76. The fraction of sp³-hybridized carbons (Fsp3) is 0.467. The van der Waals surface area contributed by atoms with Gasteiger partial charge in [0.05, 0.1) is 0 Å². The van der Waals surface area contributed by atoms with Crippen molar-refractivity contribution >= 4 is 11.9 Å². The highest BCUT2D eigenvalue weighted by Gasteiger charge is 2.19. The molecule has 20 heavy (non-hydrogen) atoms. The van der Waals surface area contributed by atoms with Gasteiger partial charge in [0.25, 0.3) is 5.91 Å². The van der Waals surface area contributed by atoms with E-state index in [0.717, 1.165) is 11.1 Å². The second kappa shape index (κ2) is 7.53. The zero-order valence-electron chi connectivity index (χ0n) is 12.1. The lowest BCUT2D eigenvalue weighted by Gasteiger charge is -2.15. The number of para-hydroxylation sites is 1. The minimum atomic E-state index is -1.02. The summed E-state index contributed by atoms with van der Waals surface area (Å²) in [4.78, 5) is 22.7. The average Bonchev–Trinajstić information content (AvgIpc) is 2.37. The first-order chi connectivity index (χ1) is 9.45. The third-order valence-corrected chi connectivity index (χ3v) is 2.97. The summed E-state index contributed by atoms with van der Waals surface area (Å²) in [6.45, 7) is 5.49. The van der Waals surface area contributed by atoms with Gasteiger partial charge in [-0.05, 0) is 31.4 Å². The number of rotatable bonds is 7. The van der Waals surface area contributed by atoms with Crippen molar-refractivity contribution in [2.45, 2.75) is 39.7 Å². The number of benzene rings is 1. The van der Waals surface area contributed by atoms with Crippen LogP contribution >= 0.6 is 0 Å². The Morgan fingerprint density at radius 1 is 1.30 bits per heavy atom. The number of carboxylic acid groups (broad SMARTS) is 1. The summed E-state index contributed by atoms with van der Waals surface area (Å²) in [6.07, 6.45) is 1.10. The van der Waals surface area contributed by atoms with Crippen molar-refractivity contribution in [3.05, 3.63) is 29.3 Å². The topological polar surface area (TPSA) is 75.6 Å². The lowest BCUT2D eigenvalue weighted by Crippen LogP contribution is -2.42. The van der Waals surface area contributed by atoms with Gasteiger partial charge in [0, 0.05) is 0 Å². The Labute approximate surface area is 118 Å². The first kappa shape index (κ1) is 16.0. The van der Waals surface area contributed by atoms with Crippen LogP contribution in [0.3, 0.4) is 0 Å². The van der Waals surface area contributed by atoms with E-state index in [9.17, 15) is 9.59 Å². The van der Waals surface area contributed by atoms with Crippen LogP contribution in [0.5, 0.6) is 5.75 Å². The summed E-state index contributed by atoms with van der Waals surface area (Å²) in [5, 5.41) is 11.4. The van der Waals surface area contributed by atoms with Crippen LogP contribution in [0.2, 0.25) is 0 Å². The molecule has 0 bridgehead atoms. The molecule has 0 heterocycles. The van der Waals surface area contributed by atoms with Crippen LogP contribution in [0, 0.1) is 13.8 Å².